The summed E-state index contributed by atoms with van der Waals surface area (Å²) in [4.78, 5) is 14.5. The van der Waals surface area contributed by atoms with E-state index in [1.807, 2.05) is 6.07 Å². The third-order valence-corrected chi connectivity index (χ3v) is 4.02. The van der Waals surface area contributed by atoms with Crippen LogP contribution in [0.4, 0.5) is 5.69 Å². The number of fused-ring (bicyclic) bond motifs is 1. The van der Waals surface area contributed by atoms with Crippen molar-refractivity contribution in [2.75, 3.05) is 12.4 Å². The van der Waals surface area contributed by atoms with E-state index in [0.29, 0.717) is 12.2 Å². The van der Waals surface area contributed by atoms with Gasteiger partial charge in [-0.3, -0.25) is 0 Å². The number of carbonyl (C=O) groups is 1. The van der Waals surface area contributed by atoms with Crippen LogP contribution in [0.1, 0.15) is 40.2 Å². The van der Waals surface area contributed by atoms with Crippen LogP contribution in [0.3, 0.4) is 0 Å². The number of H-pyrrole nitrogens is 1. The van der Waals surface area contributed by atoms with Gasteiger partial charge in [0, 0.05) is 11.4 Å². The number of aromatic nitrogens is 1. The topological polar surface area (TPSA) is 54.1 Å². The molecule has 2 aromatic rings. The van der Waals surface area contributed by atoms with Crippen LogP contribution < -0.4 is 5.32 Å². The van der Waals surface area contributed by atoms with Crippen LogP contribution in [0.25, 0.3) is 0 Å². The predicted molar refractivity (Wildman–Crippen MR) is 82.5 cm³/mol. The fraction of sp³-hybridized carbons (Fsp3) is 0.353. The van der Waals surface area contributed by atoms with Crippen LogP contribution in [0, 0.1) is 0 Å². The monoisotopic (exact) mass is 284 g/mol. The SMILES string of the molecule is COC(=O)c1ccc(CNc2cccc3c2CCCC3)[nH]1. The van der Waals surface area contributed by atoms with Gasteiger partial charge in [-0.05, 0) is 55.0 Å². The molecule has 4 nitrogen and oxygen atoms in total. The van der Waals surface area contributed by atoms with Gasteiger partial charge in [-0.15, -0.1) is 0 Å². The van der Waals surface area contributed by atoms with Gasteiger partial charge in [-0.2, -0.15) is 0 Å². The number of hydrogen-bond acceptors (Lipinski definition) is 3. The van der Waals surface area contributed by atoms with Gasteiger partial charge in [-0.25, -0.2) is 4.79 Å². The van der Waals surface area contributed by atoms with E-state index >= 15 is 0 Å². The lowest BCUT2D eigenvalue weighted by Gasteiger charge is -2.20. The number of methoxy groups -OCH3 is 1. The normalized spacial score (nSPS) is 13.6. The van der Waals surface area contributed by atoms with Gasteiger partial charge in [0.2, 0.25) is 0 Å². The zero-order valence-electron chi connectivity index (χ0n) is 12.2. The number of esters is 1. The summed E-state index contributed by atoms with van der Waals surface area (Å²) >= 11 is 0. The van der Waals surface area contributed by atoms with E-state index in [0.717, 1.165) is 12.1 Å². The number of aryl methyl sites for hydroxylation is 1. The van der Waals surface area contributed by atoms with Crippen LogP contribution in [0.2, 0.25) is 0 Å². The van der Waals surface area contributed by atoms with Gasteiger partial charge < -0.3 is 15.0 Å². The molecule has 3 rings (SSSR count). The van der Waals surface area contributed by atoms with E-state index in [2.05, 4.69) is 28.5 Å². The molecule has 4 heteroatoms. The summed E-state index contributed by atoms with van der Waals surface area (Å²) in [5.74, 6) is -0.335. The lowest BCUT2D eigenvalue weighted by molar-refractivity contribution is 0.0594. The molecule has 0 atom stereocenters. The molecule has 0 spiro atoms. The molecular formula is C17H20N2O2. The molecule has 110 valence electrons. The first-order valence-corrected chi connectivity index (χ1v) is 7.39. The van der Waals surface area contributed by atoms with E-state index < -0.39 is 0 Å². The second-order valence-corrected chi connectivity index (χ2v) is 5.39. The molecule has 0 saturated carbocycles. The fourth-order valence-corrected chi connectivity index (χ4v) is 2.91. The Morgan fingerprint density at radius 3 is 2.95 bits per heavy atom. The number of nitrogens with one attached hydrogen (secondary N) is 2. The summed E-state index contributed by atoms with van der Waals surface area (Å²) in [5, 5.41) is 3.48. The molecule has 2 N–H and O–H groups in total. The summed E-state index contributed by atoms with van der Waals surface area (Å²) in [5.41, 5.74) is 5.59. The molecule has 21 heavy (non-hydrogen) atoms. The number of rotatable bonds is 4. The zero-order valence-corrected chi connectivity index (χ0v) is 12.2. The summed E-state index contributed by atoms with van der Waals surface area (Å²) in [7, 11) is 1.39. The molecular weight excluding hydrogens is 264 g/mol. The van der Waals surface area contributed by atoms with Crippen LogP contribution in [0.15, 0.2) is 30.3 Å². The van der Waals surface area contributed by atoms with Crippen molar-refractivity contribution < 1.29 is 9.53 Å². The number of aromatic amines is 1. The van der Waals surface area contributed by atoms with Gasteiger partial charge in [0.25, 0.3) is 0 Å². The lowest BCUT2D eigenvalue weighted by Crippen LogP contribution is -2.09. The Morgan fingerprint density at radius 2 is 2.10 bits per heavy atom. The van der Waals surface area contributed by atoms with Gasteiger partial charge in [0.15, 0.2) is 0 Å². The van der Waals surface area contributed by atoms with Crippen LogP contribution >= 0.6 is 0 Å². The molecule has 0 fully saturated rings. The standard InChI is InChI=1S/C17H20N2O2/c1-21-17(20)16-10-9-13(19-16)11-18-15-8-4-6-12-5-2-3-7-14(12)15/h4,6,8-10,18-19H,2-3,5,7,11H2,1H3. The average Bonchev–Trinajstić information content (AvgIpc) is 3.01. The second-order valence-electron chi connectivity index (χ2n) is 5.39. The number of ether oxygens (including phenoxy) is 1. The van der Waals surface area contributed by atoms with Crippen molar-refractivity contribution in [3.8, 4) is 0 Å². The molecule has 0 saturated heterocycles. The van der Waals surface area contributed by atoms with Crippen molar-refractivity contribution >= 4 is 11.7 Å². The third kappa shape index (κ3) is 2.94. The first-order valence-electron chi connectivity index (χ1n) is 7.39. The maximum atomic E-state index is 11.4. The minimum Gasteiger partial charge on any atom is -0.464 e. The minimum absolute atomic E-state index is 0.335. The van der Waals surface area contributed by atoms with Gasteiger partial charge in [-0.1, -0.05) is 12.1 Å². The Kier molecular flexibility index (Phi) is 3.95. The quantitative estimate of drug-likeness (QED) is 0.847. The van der Waals surface area contributed by atoms with Crippen molar-refractivity contribution in [1.29, 1.82) is 0 Å². The van der Waals surface area contributed by atoms with Crippen molar-refractivity contribution in [2.45, 2.75) is 32.2 Å². The Hall–Kier alpha value is -2.23. The van der Waals surface area contributed by atoms with Crippen molar-refractivity contribution in [2.24, 2.45) is 0 Å². The second kappa shape index (κ2) is 6.04. The smallest absolute Gasteiger partial charge is 0.354 e. The summed E-state index contributed by atoms with van der Waals surface area (Å²) < 4.78 is 4.70. The van der Waals surface area contributed by atoms with Crippen molar-refractivity contribution in [1.82, 2.24) is 4.98 Å². The fourth-order valence-electron chi connectivity index (χ4n) is 2.91. The molecule has 0 amide bonds. The molecule has 1 aromatic carbocycles. The van der Waals surface area contributed by atoms with E-state index in [1.54, 1.807) is 6.07 Å². The Labute approximate surface area is 124 Å². The third-order valence-electron chi connectivity index (χ3n) is 4.02. The van der Waals surface area contributed by atoms with Gasteiger partial charge in [0.1, 0.15) is 5.69 Å². The highest BCUT2D eigenvalue weighted by Crippen LogP contribution is 2.28. The molecule has 1 aromatic heterocycles. The molecule has 0 radical (unpaired) electrons. The molecule has 0 unspecified atom stereocenters. The van der Waals surface area contributed by atoms with E-state index in [-0.39, 0.29) is 5.97 Å². The Morgan fingerprint density at radius 1 is 1.24 bits per heavy atom. The first-order chi connectivity index (χ1) is 10.3. The van der Waals surface area contributed by atoms with Crippen LogP contribution in [-0.4, -0.2) is 18.1 Å². The summed E-state index contributed by atoms with van der Waals surface area (Å²) in [6, 6.07) is 10.1. The highest BCUT2D eigenvalue weighted by atomic mass is 16.5. The zero-order chi connectivity index (χ0) is 14.7. The maximum Gasteiger partial charge on any atom is 0.354 e. The van der Waals surface area contributed by atoms with Gasteiger partial charge >= 0.3 is 5.97 Å². The van der Waals surface area contributed by atoms with E-state index in [9.17, 15) is 4.79 Å². The molecule has 0 aliphatic heterocycles. The number of benzene rings is 1. The minimum atomic E-state index is -0.335. The molecule has 1 aliphatic carbocycles. The number of hydrogen-bond donors (Lipinski definition) is 2. The van der Waals surface area contributed by atoms with E-state index in [1.165, 1.54) is 43.2 Å². The first kappa shape index (κ1) is 13.7. The Bertz CT molecular complexity index is 646. The molecule has 0 bridgehead atoms. The molecule has 1 aliphatic rings. The average molecular weight is 284 g/mol. The van der Waals surface area contributed by atoms with Crippen LogP contribution in [-0.2, 0) is 24.1 Å². The summed E-state index contributed by atoms with van der Waals surface area (Å²) in [6.07, 6.45) is 4.88. The Balaban J connectivity index is 1.70. The maximum absolute atomic E-state index is 11.4. The summed E-state index contributed by atoms with van der Waals surface area (Å²) in [6.45, 7) is 0.674. The number of carbonyl (C=O) groups excluding carboxylic acids is 1. The largest absolute Gasteiger partial charge is 0.464 e. The van der Waals surface area contributed by atoms with Gasteiger partial charge in [0.05, 0.1) is 13.7 Å². The van der Waals surface area contributed by atoms with Crippen molar-refractivity contribution in [3.05, 3.63) is 52.8 Å². The highest BCUT2D eigenvalue weighted by molar-refractivity contribution is 5.87. The van der Waals surface area contributed by atoms with Crippen molar-refractivity contribution in [3.63, 3.8) is 0 Å². The van der Waals surface area contributed by atoms with E-state index in [4.69, 9.17) is 4.74 Å². The predicted octanol–water partition coefficient (Wildman–Crippen LogP) is 3.29. The lowest BCUT2D eigenvalue weighted by atomic mass is 9.90. The molecule has 1 heterocycles. The highest BCUT2D eigenvalue weighted by Gasteiger charge is 2.13. The number of anilines is 1. The van der Waals surface area contributed by atoms with Crippen LogP contribution in [0.5, 0.6) is 0 Å².